The van der Waals surface area contributed by atoms with Gasteiger partial charge in [0.15, 0.2) is 5.69 Å². The van der Waals surface area contributed by atoms with Crippen molar-refractivity contribution < 1.29 is 13.2 Å². The van der Waals surface area contributed by atoms with Crippen LogP contribution < -0.4 is 10.2 Å². The van der Waals surface area contributed by atoms with Gasteiger partial charge in [-0.3, -0.25) is 0 Å². The molecule has 1 fully saturated rings. The third-order valence-corrected chi connectivity index (χ3v) is 3.83. The molecule has 20 heavy (non-hydrogen) atoms. The van der Waals surface area contributed by atoms with E-state index in [1.807, 2.05) is 4.90 Å². The third kappa shape index (κ3) is 2.59. The predicted molar refractivity (Wildman–Crippen MR) is 68.3 cm³/mol. The first-order valence-electron chi connectivity index (χ1n) is 6.98. The van der Waals surface area contributed by atoms with Crippen LogP contribution in [0.1, 0.15) is 42.6 Å². The van der Waals surface area contributed by atoms with E-state index >= 15 is 0 Å². The number of alkyl halides is 3. The molecule has 0 bridgehead atoms. The molecule has 1 saturated heterocycles. The summed E-state index contributed by atoms with van der Waals surface area (Å²) in [6, 6.07) is 0. The summed E-state index contributed by atoms with van der Waals surface area (Å²) in [7, 11) is 0. The molecule has 110 valence electrons. The van der Waals surface area contributed by atoms with Gasteiger partial charge < -0.3 is 10.2 Å². The van der Waals surface area contributed by atoms with E-state index < -0.39 is 11.9 Å². The maximum atomic E-state index is 13.1. The molecule has 4 nitrogen and oxygen atoms in total. The van der Waals surface area contributed by atoms with Crippen molar-refractivity contribution in [3.63, 3.8) is 0 Å². The van der Waals surface area contributed by atoms with Crippen LogP contribution in [0.3, 0.4) is 0 Å². The Morgan fingerprint density at radius 3 is 2.30 bits per heavy atom. The van der Waals surface area contributed by atoms with Gasteiger partial charge in [-0.2, -0.15) is 13.2 Å². The third-order valence-electron chi connectivity index (χ3n) is 3.83. The Labute approximate surface area is 115 Å². The topological polar surface area (TPSA) is 41.1 Å². The normalized spacial score (nSPS) is 19.9. The highest BCUT2D eigenvalue weighted by molar-refractivity contribution is 5.40. The maximum Gasteiger partial charge on any atom is 0.433 e. The van der Waals surface area contributed by atoms with Crippen molar-refractivity contribution in [1.29, 1.82) is 0 Å². The second-order valence-electron chi connectivity index (χ2n) is 5.30. The van der Waals surface area contributed by atoms with Crippen LogP contribution in [0.25, 0.3) is 0 Å². The molecule has 0 amide bonds. The largest absolute Gasteiger partial charge is 0.433 e. The van der Waals surface area contributed by atoms with Crippen LogP contribution >= 0.6 is 0 Å². The highest BCUT2D eigenvalue weighted by atomic mass is 19.4. The molecule has 0 radical (unpaired) electrons. The van der Waals surface area contributed by atoms with Crippen molar-refractivity contribution in [2.24, 2.45) is 0 Å². The number of aromatic nitrogens is 2. The van der Waals surface area contributed by atoms with Gasteiger partial charge in [-0.05, 0) is 12.8 Å². The number of fused-ring (bicyclic) bond motifs is 1. The smallest absolute Gasteiger partial charge is 0.341 e. The molecule has 1 aromatic heterocycles. The van der Waals surface area contributed by atoms with Crippen molar-refractivity contribution in [3.8, 4) is 0 Å². The number of hydrogen-bond acceptors (Lipinski definition) is 4. The summed E-state index contributed by atoms with van der Waals surface area (Å²) in [6.07, 6.45) is -0.204. The zero-order valence-corrected chi connectivity index (χ0v) is 11.1. The summed E-state index contributed by atoms with van der Waals surface area (Å²) in [4.78, 5) is 10.1. The molecule has 0 unspecified atom stereocenters. The van der Waals surface area contributed by atoms with Gasteiger partial charge >= 0.3 is 6.18 Å². The van der Waals surface area contributed by atoms with Crippen molar-refractivity contribution in [3.05, 3.63) is 17.0 Å². The van der Waals surface area contributed by atoms with Crippen molar-refractivity contribution >= 4 is 5.95 Å². The lowest BCUT2D eigenvalue weighted by molar-refractivity contribution is -0.141. The molecular weight excluding hydrogens is 269 g/mol. The first-order valence-corrected chi connectivity index (χ1v) is 6.98. The Balaban J connectivity index is 1.99. The Morgan fingerprint density at radius 1 is 0.950 bits per heavy atom. The van der Waals surface area contributed by atoms with E-state index in [1.54, 1.807) is 0 Å². The van der Waals surface area contributed by atoms with Crippen LogP contribution in [0.5, 0.6) is 0 Å². The van der Waals surface area contributed by atoms with E-state index in [2.05, 4.69) is 15.3 Å². The van der Waals surface area contributed by atoms with Crippen molar-refractivity contribution in [1.82, 2.24) is 15.3 Å². The van der Waals surface area contributed by atoms with Gasteiger partial charge in [0.05, 0.1) is 5.69 Å². The minimum Gasteiger partial charge on any atom is -0.341 e. The predicted octanol–water partition coefficient (Wildman–Crippen LogP) is 2.48. The van der Waals surface area contributed by atoms with Gasteiger partial charge in [0.2, 0.25) is 5.95 Å². The van der Waals surface area contributed by atoms with Crippen LogP contribution in [0.4, 0.5) is 19.1 Å². The molecule has 2 aliphatic rings. The van der Waals surface area contributed by atoms with E-state index in [0.29, 0.717) is 12.2 Å². The van der Waals surface area contributed by atoms with Gasteiger partial charge in [0, 0.05) is 31.7 Å². The summed E-state index contributed by atoms with van der Waals surface area (Å²) in [5.74, 6) is 0.238. The fraction of sp³-hybridized carbons (Fsp3) is 0.692. The molecule has 3 rings (SSSR count). The minimum absolute atomic E-state index is 0.199. The Morgan fingerprint density at radius 2 is 1.65 bits per heavy atom. The highest BCUT2D eigenvalue weighted by Crippen LogP contribution is 2.34. The number of nitrogens with one attached hydrogen (secondary N) is 1. The van der Waals surface area contributed by atoms with Crippen LogP contribution in [0.2, 0.25) is 0 Å². The summed E-state index contributed by atoms with van der Waals surface area (Å²) in [5, 5.41) is 2.92. The molecule has 0 aromatic carbocycles. The first-order chi connectivity index (χ1) is 9.55. The molecule has 1 N–H and O–H groups in total. The van der Waals surface area contributed by atoms with Crippen LogP contribution in [-0.2, 0) is 19.3 Å². The highest BCUT2D eigenvalue weighted by Gasteiger charge is 2.39. The lowest BCUT2D eigenvalue weighted by Crippen LogP contribution is -2.28. The monoisotopic (exact) mass is 286 g/mol. The molecule has 1 aromatic rings. The SMILES string of the molecule is FC(F)(F)c1nc(N2CCCCCC2)nc2c1CNC2. The summed E-state index contributed by atoms with van der Waals surface area (Å²) in [6.45, 7) is 2.07. The summed E-state index contributed by atoms with van der Waals surface area (Å²) in [5.41, 5.74) is -0.0746. The number of halogens is 3. The van der Waals surface area contributed by atoms with Crippen molar-refractivity contribution in [2.75, 3.05) is 18.0 Å². The number of anilines is 1. The second kappa shape index (κ2) is 5.20. The van der Waals surface area contributed by atoms with Gasteiger partial charge in [-0.1, -0.05) is 12.8 Å². The van der Waals surface area contributed by atoms with Gasteiger partial charge in [0.1, 0.15) is 0 Å². The zero-order valence-electron chi connectivity index (χ0n) is 11.1. The van der Waals surface area contributed by atoms with Gasteiger partial charge in [0.25, 0.3) is 0 Å². The number of rotatable bonds is 1. The Kier molecular flexibility index (Phi) is 3.54. The molecular formula is C13H17F3N4. The fourth-order valence-electron chi connectivity index (χ4n) is 2.80. The molecule has 7 heteroatoms. The lowest BCUT2D eigenvalue weighted by atomic mass is 10.2. The Bertz CT molecular complexity index is 493. The minimum atomic E-state index is -4.42. The first kappa shape index (κ1) is 13.6. The average Bonchev–Trinajstić information content (AvgIpc) is 2.69. The van der Waals surface area contributed by atoms with Gasteiger partial charge in [-0.15, -0.1) is 0 Å². The lowest BCUT2D eigenvalue weighted by Gasteiger charge is -2.22. The van der Waals surface area contributed by atoms with Gasteiger partial charge in [-0.25, -0.2) is 9.97 Å². The quantitative estimate of drug-likeness (QED) is 0.861. The molecule has 0 aliphatic carbocycles. The second-order valence-corrected chi connectivity index (χ2v) is 5.30. The average molecular weight is 286 g/mol. The van der Waals surface area contributed by atoms with E-state index in [0.717, 1.165) is 38.8 Å². The fourth-order valence-corrected chi connectivity index (χ4v) is 2.80. The molecule has 3 heterocycles. The van der Waals surface area contributed by atoms with Crippen LogP contribution in [-0.4, -0.2) is 23.1 Å². The molecule has 2 aliphatic heterocycles. The van der Waals surface area contributed by atoms with Crippen molar-refractivity contribution in [2.45, 2.75) is 44.9 Å². The summed E-state index contributed by atoms with van der Waals surface area (Å²) < 4.78 is 39.4. The number of nitrogens with zero attached hydrogens (tertiary/aromatic N) is 3. The van der Waals surface area contributed by atoms with Crippen LogP contribution in [0, 0.1) is 0 Å². The maximum absolute atomic E-state index is 13.1. The standard InChI is InChI=1S/C13H17F3N4/c14-13(15,16)11-9-7-17-8-10(9)18-12(19-11)20-5-3-1-2-4-6-20/h17H,1-8H2. The molecule has 0 saturated carbocycles. The Hall–Kier alpha value is -1.37. The van der Waals surface area contributed by atoms with Crippen LogP contribution in [0.15, 0.2) is 0 Å². The van der Waals surface area contributed by atoms with E-state index in [-0.39, 0.29) is 18.1 Å². The van der Waals surface area contributed by atoms with E-state index in [4.69, 9.17) is 0 Å². The zero-order chi connectivity index (χ0) is 14.2. The molecule has 0 atom stereocenters. The molecule has 0 spiro atoms. The number of hydrogen-bond donors (Lipinski definition) is 1. The van der Waals surface area contributed by atoms with E-state index in [1.165, 1.54) is 0 Å². The van der Waals surface area contributed by atoms with E-state index in [9.17, 15) is 13.2 Å². The summed E-state index contributed by atoms with van der Waals surface area (Å²) >= 11 is 0.